The molecule has 0 unspecified atom stereocenters. The van der Waals surface area contributed by atoms with Crippen LogP contribution in [0.25, 0.3) is 0 Å². The van der Waals surface area contributed by atoms with E-state index in [1.54, 1.807) is 0 Å². The predicted molar refractivity (Wildman–Crippen MR) is 74.7 cm³/mol. The Morgan fingerprint density at radius 3 is 2.67 bits per heavy atom. The van der Waals surface area contributed by atoms with E-state index >= 15 is 0 Å². The number of carbonyl (C=O) groups is 2. The van der Waals surface area contributed by atoms with Crippen LogP contribution in [0.1, 0.15) is 17.5 Å². The number of aliphatic hydroxyl groups is 1. The predicted octanol–water partition coefficient (Wildman–Crippen LogP) is 0.166. The highest BCUT2D eigenvalue weighted by Gasteiger charge is 2.70. The van der Waals surface area contributed by atoms with Gasteiger partial charge in [-0.1, -0.05) is 29.8 Å². The van der Waals surface area contributed by atoms with Gasteiger partial charge in [0, 0.05) is 12.1 Å². The number of aliphatic imine (C=N–C) groups is 1. The highest BCUT2D eigenvalue weighted by atomic mass is 16.5. The topological polar surface area (TPSA) is 88.0 Å². The van der Waals surface area contributed by atoms with Gasteiger partial charge in [0.05, 0.1) is 13.7 Å². The minimum atomic E-state index is -1.78. The number of carbonyl (C=O) groups excluding carboxylic acids is 2. The van der Waals surface area contributed by atoms with Crippen molar-refractivity contribution in [2.24, 2.45) is 10.4 Å². The first-order valence-corrected chi connectivity index (χ1v) is 6.68. The van der Waals surface area contributed by atoms with Gasteiger partial charge >= 0.3 is 5.97 Å². The van der Waals surface area contributed by atoms with Crippen LogP contribution < -0.4 is 5.32 Å². The number of β-amino-alcohol motifs (C(OH)–C–C–N with tert-alkyl or cyclic N) is 1. The summed E-state index contributed by atoms with van der Waals surface area (Å²) in [5.41, 5.74) is -1.03. The van der Waals surface area contributed by atoms with Crippen molar-refractivity contribution in [3.63, 3.8) is 0 Å². The zero-order valence-corrected chi connectivity index (χ0v) is 11.8. The van der Waals surface area contributed by atoms with Gasteiger partial charge in [-0.15, -0.1) is 0 Å². The molecule has 21 heavy (non-hydrogen) atoms. The van der Waals surface area contributed by atoms with Crippen LogP contribution in [0.3, 0.4) is 0 Å². The number of benzene rings is 1. The van der Waals surface area contributed by atoms with Crippen molar-refractivity contribution in [3.8, 4) is 0 Å². The number of ether oxygens (including phenoxy) is 1. The molecule has 1 saturated heterocycles. The van der Waals surface area contributed by atoms with Gasteiger partial charge in [0.1, 0.15) is 0 Å². The normalized spacial score (nSPS) is 30.6. The van der Waals surface area contributed by atoms with Gasteiger partial charge < -0.3 is 15.2 Å². The Kier molecular flexibility index (Phi) is 2.88. The third-order valence-electron chi connectivity index (χ3n) is 4.24. The lowest BCUT2D eigenvalue weighted by atomic mass is 9.77. The summed E-state index contributed by atoms with van der Waals surface area (Å²) in [6, 6.07) is 7.56. The number of nitrogens with one attached hydrogen (secondary N) is 1. The lowest BCUT2D eigenvalue weighted by molar-refractivity contribution is -0.167. The zero-order chi connectivity index (χ0) is 15.3. The molecule has 1 fully saturated rings. The van der Waals surface area contributed by atoms with Gasteiger partial charge in [-0.05, 0) is 12.5 Å². The monoisotopic (exact) mass is 288 g/mol. The molecule has 0 saturated carbocycles. The number of rotatable bonds is 2. The first-order valence-electron chi connectivity index (χ1n) is 6.68. The maximum absolute atomic E-state index is 12.2. The summed E-state index contributed by atoms with van der Waals surface area (Å²) >= 11 is 0. The zero-order valence-electron chi connectivity index (χ0n) is 11.8. The molecule has 1 amide bonds. The molecule has 1 aromatic carbocycles. The van der Waals surface area contributed by atoms with E-state index in [2.05, 4.69) is 10.3 Å². The van der Waals surface area contributed by atoms with Crippen molar-refractivity contribution < 1.29 is 19.4 Å². The fourth-order valence-corrected chi connectivity index (χ4v) is 2.97. The van der Waals surface area contributed by atoms with Crippen LogP contribution in [0, 0.1) is 12.3 Å². The Balaban J connectivity index is 2.06. The second-order valence-electron chi connectivity index (χ2n) is 5.50. The molecule has 2 N–H and O–H groups in total. The average Bonchev–Trinajstić information content (AvgIpc) is 2.91. The number of fused-ring (bicyclic) bond motifs is 1. The van der Waals surface area contributed by atoms with Crippen molar-refractivity contribution in [2.75, 3.05) is 13.7 Å². The van der Waals surface area contributed by atoms with Crippen LogP contribution in [0.4, 0.5) is 0 Å². The van der Waals surface area contributed by atoms with E-state index in [1.165, 1.54) is 7.11 Å². The molecule has 2 aliphatic rings. The molecule has 2 aliphatic heterocycles. The summed E-state index contributed by atoms with van der Waals surface area (Å²) in [6.07, 6.45) is 0.0328. The molecular formula is C15H16N2O4. The van der Waals surface area contributed by atoms with Crippen LogP contribution in [0.2, 0.25) is 0 Å². The number of nitrogens with zero attached hydrogens (tertiary/aromatic N) is 1. The molecule has 3 rings (SSSR count). The number of hydrogen-bond donors (Lipinski definition) is 2. The molecule has 6 heteroatoms. The van der Waals surface area contributed by atoms with Crippen LogP contribution >= 0.6 is 0 Å². The maximum Gasteiger partial charge on any atom is 0.326 e. The third-order valence-corrected chi connectivity index (χ3v) is 4.24. The molecule has 6 nitrogen and oxygen atoms in total. The van der Waals surface area contributed by atoms with Crippen LogP contribution in [-0.2, 0) is 14.3 Å². The molecule has 110 valence electrons. The van der Waals surface area contributed by atoms with Crippen molar-refractivity contribution in [1.29, 1.82) is 0 Å². The van der Waals surface area contributed by atoms with E-state index in [4.69, 9.17) is 4.74 Å². The second kappa shape index (κ2) is 4.39. The van der Waals surface area contributed by atoms with Crippen LogP contribution in [0.5, 0.6) is 0 Å². The molecule has 0 aliphatic carbocycles. The lowest BCUT2D eigenvalue weighted by Gasteiger charge is -2.27. The highest BCUT2D eigenvalue weighted by Crippen LogP contribution is 2.47. The number of esters is 1. The summed E-state index contributed by atoms with van der Waals surface area (Å²) in [6.45, 7) is 1.88. The molecular weight excluding hydrogens is 272 g/mol. The number of amides is 1. The largest absolute Gasteiger partial charge is 0.468 e. The quantitative estimate of drug-likeness (QED) is 0.599. The second-order valence-corrected chi connectivity index (χ2v) is 5.50. The Morgan fingerprint density at radius 2 is 2.05 bits per heavy atom. The fourth-order valence-electron chi connectivity index (χ4n) is 2.97. The van der Waals surface area contributed by atoms with Gasteiger partial charge in [0.15, 0.2) is 5.72 Å². The van der Waals surface area contributed by atoms with E-state index in [9.17, 15) is 14.7 Å². The van der Waals surface area contributed by atoms with E-state index in [0.717, 1.165) is 11.1 Å². The average molecular weight is 288 g/mol. The standard InChI is InChI=1S/C15H16N2O4/c1-9-3-5-10(6-4-9)11-7-14(13(19)21-2)12(18)16-8-15(14,20)17-11/h3-6,20H,7-8H2,1-2H3,(H,16,18)/t14-,15-/m0/s1. The van der Waals surface area contributed by atoms with Gasteiger partial charge in [0.2, 0.25) is 11.3 Å². The van der Waals surface area contributed by atoms with Crippen molar-refractivity contribution in [2.45, 2.75) is 19.1 Å². The van der Waals surface area contributed by atoms with E-state index in [1.807, 2.05) is 31.2 Å². The van der Waals surface area contributed by atoms with Crippen molar-refractivity contribution in [3.05, 3.63) is 35.4 Å². The third kappa shape index (κ3) is 1.72. The van der Waals surface area contributed by atoms with Gasteiger partial charge in [-0.3, -0.25) is 14.6 Å². The minimum Gasteiger partial charge on any atom is -0.468 e. The summed E-state index contributed by atoms with van der Waals surface area (Å²) in [4.78, 5) is 28.6. The number of methoxy groups -OCH3 is 1. The Bertz CT molecular complexity index is 652. The molecule has 1 aromatic rings. The number of aryl methyl sites for hydroxylation is 1. The van der Waals surface area contributed by atoms with Gasteiger partial charge in [-0.25, -0.2) is 0 Å². The Hall–Kier alpha value is -2.21. The van der Waals surface area contributed by atoms with E-state index < -0.39 is 23.0 Å². The van der Waals surface area contributed by atoms with Gasteiger partial charge in [0.25, 0.3) is 0 Å². The summed E-state index contributed by atoms with van der Waals surface area (Å²) in [5.74, 6) is -1.30. The van der Waals surface area contributed by atoms with E-state index in [-0.39, 0.29) is 13.0 Å². The molecule has 0 spiro atoms. The molecule has 2 atom stereocenters. The molecule has 0 bridgehead atoms. The molecule has 0 aromatic heterocycles. The fraction of sp³-hybridized carbons (Fsp3) is 0.400. The Morgan fingerprint density at radius 1 is 1.38 bits per heavy atom. The van der Waals surface area contributed by atoms with Crippen LogP contribution in [-0.4, -0.2) is 42.1 Å². The molecule has 0 radical (unpaired) electrons. The smallest absolute Gasteiger partial charge is 0.326 e. The maximum atomic E-state index is 12.2. The Labute approximate surface area is 121 Å². The highest BCUT2D eigenvalue weighted by molar-refractivity contribution is 6.15. The van der Waals surface area contributed by atoms with Crippen molar-refractivity contribution in [1.82, 2.24) is 5.32 Å². The molecule has 2 heterocycles. The first kappa shape index (κ1) is 13.8. The van der Waals surface area contributed by atoms with E-state index in [0.29, 0.717) is 5.71 Å². The lowest BCUT2D eigenvalue weighted by Crippen LogP contribution is -2.51. The number of hydrogen-bond acceptors (Lipinski definition) is 5. The van der Waals surface area contributed by atoms with Crippen molar-refractivity contribution >= 4 is 17.6 Å². The summed E-state index contributed by atoms with van der Waals surface area (Å²) in [7, 11) is 1.20. The van der Waals surface area contributed by atoms with Gasteiger partial charge in [-0.2, -0.15) is 0 Å². The minimum absolute atomic E-state index is 0.0328. The SMILES string of the molecule is COC(=O)[C@@]12CC(c3ccc(C)cc3)=N[C@]1(O)CNC2=O. The first-order chi connectivity index (χ1) is 9.93. The summed E-state index contributed by atoms with van der Waals surface area (Å²) in [5, 5.41) is 13.2. The summed E-state index contributed by atoms with van der Waals surface area (Å²) < 4.78 is 4.74. The van der Waals surface area contributed by atoms with Crippen LogP contribution in [0.15, 0.2) is 29.3 Å².